The van der Waals surface area contributed by atoms with Crippen molar-refractivity contribution in [3.05, 3.63) is 46.1 Å². The molecule has 6 nitrogen and oxygen atoms in total. The summed E-state index contributed by atoms with van der Waals surface area (Å²) in [6.45, 7) is 1.65. The third kappa shape index (κ3) is 2.82. The summed E-state index contributed by atoms with van der Waals surface area (Å²) in [5, 5.41) is 2.12. The summed E-state index contributed by atoms with van der Waals surface area (Å²) in [6.07, 6.45) is 0. The lowest BCUT2D eigenvalue weighted by Gasteiger charge is -2.10. The average molecular weight is 346 g/mol. The van der Waals surface area contributed by atoms with Crippen molar-refractivity contribution in [2.75, 3.05) is 5.84 Å². The minimum absolute atomic E-state index is 0.273. The van der Waals surface area contributed by atoms with E-state index in [4.69, 9.17) is 11.6 Å². The first kappa shape index (κ1) is 15.6. The van der Waals surface area contributed by atoms with Crippen LogP contribution in [0.5, 0.6) is 0 Å². The maximum absolute atomic E-state index is 12.6. The van der Waals surface area contributed by atoms with Gasteiger partial charge in [0.25, 0.3) is 5.56 Å². The molecular formula is C15H14N4O2S2. The van der Waals surface area contributed by atoms with Gasteiger partial charge in [-0.2, -0.15) is 0 Å². The lowest BCUT2D eigenvalue weighted by atomic mass is 10.1. The van der Waals surface area contributed by atoms with Gasteiger partial charge in [-0.1, -0.05) is 42.1 Å². The molecule has 0 radical (unpaired) electrons. The first-order valence-electron chi connectivity index (χ1n) is 6.79. The predicted octanol–water partition coefficient (Wildman–Crippen LogP) is 1.80. The van der Waals surface area contributed by atoms with Crippen molar-refractivity contribution in [3.63, 3.8) is 0 Å². The van der Waals surface area contributed by atoms with E-state index in [-0.39, 0.29) is 10.7 Å². The van der Waals surface area contributed by atoms with E-state index in [2.05, 4.69) is 4.98 Å². The van der Waals surface area contributed by atoms with Crippen molar-refractivity contribution in [3.8, 4) is 11.1 Å². The van der Waals surface area contributed by atoms with E-state index in [1.54, 1.807) is 6.92 Å². The minimum Gasteiger partial charge on any atom is -0.369 e. The van der Waals surface area contributed by atoms with Gasteiger partial charge in [0, 0.05) is 10.9 Å². The molecule has 0 fully saturated rings. The molecule has 1 atom stereocenters. The Morgan fingerprint density at radius 1 is 1.35 bits per heavy atom. The van der Waals surface area contributed by atoms with Crippen molar-refractivity contribution in [2.24, 2.45) is 5.73 Å². The van der Waals surface area contributed by atoms with Gasteiger partial charge in [0.2, 0.25) is 5.91 Å². The number of hydrogen-bond acceptors (Lipinski definition) is 6. The van der Waals surface area contributed by atoms with Crippen LogP contribution in [0.3, 0.4) is 0 Å². The van der Waals surface area contributed by atoms with Gasteiger partial charge in [-0.3, -0.25) is 9.59 Å². The van der Waals surface area contributed by atoms with E-state index < -0.39 is 11.2 Å². The molecule has 3 aromatic rings. The SMILES string of the molecule is C[C@@H](Sc1nc2scc(-c3ccccc3)c2c(=O)n1N)C(N)=O. The molecule has 8 heteroatoms. The number of carbonyl (C=O) groups is 1. The number of fused-ring (bicyclic) bond motifs is 1. The van der Waals surface area contributed by atoms with E-state index >= 15 is 0 Å². The smallest absolute Gasteiger partial charge is 0.282 e. The second kappa shape index (κ2) is 6.05. The van der Waals surface area contributed by atoms with Gasteiger partial charge in [0.15, 0.2) is 5.16 Å². The first-order chi connectivity index (χ1) is 11.0. The lowest BCUT2D eigenvalue weighted by Crippen LogP contribution is -2.31. The number of primary amides is 1. The molecule has 0 unspecified atom stereocenters. The van der Waals surface area contributed by atoms with Crippen LogP contribution in [0.2, 0.25) is 0 Å². The van der Waals surface area contributed by atoms with Gasteiger partial charge >= 0.3 is 0 Å². The van der Waals surface area contributed by atoms with E-state index in [1.807, 2.05) is 35.7 Å². The molecule has 1 aromatic carbocycles. The number of nitrogens with two attached hydrogens (primary N) is 2. The minimum atomic E-state index is -0.525. The zero-order valence-corrected chi connectivity index (χ0v) is 13.9. The predicted molar refractivity (Wildman–Crippen MR) is 94.0 cm³/mol. The Morgan fingerprint density at radius 3 is 2.70 bits per heavy atom. The lowest BCUT2D eigenvalue weighted by molar-refractivity contribution is -0.117. The van der Waals surface area contributed by atoms with E-state index in [9.17, 15) is 9.59 Å². The largest absolute Gasteiger partial charge is 0.369 e. The Morgan fingerprint density at radius 2 is 2.04 bits per heavy atom. The Balaban J connectivity index is 2.15. The summed E-state index contributed by atoms with van der Waals surface area (Å²) in [7, 11) is 0. The molecular weight excluding hydrogens is 332 g/mol. The van der Waals surface area contributed by atoms with Crippen LogP contribution in [0.15, 0.2) is 45.7 Å². The van der Waals surface area contributed by atoms with Gasteiger partial charge in [-0.15, -0.1) is 11.3 Å². The van der Waals surface area contributed by atoms with Crippen LogP contribution < -0.4 is 17.1 Å². The summed E-state index contributed by atoms with van der Waals surface area (Å²) in [5.41, 5.74) is 6.65. The molecule has 4 N–H and O–H groups in total. The molecule has 23 heavy (non-hydrogen) atoms. The number of benzene rings is 1. The fourth-order valence-electron chi connectivity index (χ4n) is 2.11. The number of amides is 1. The van der Waals surface area contributed by atoms with Gasteiger partial charge < -0.3 is 11.6 Å². The van der Waals surface area contributed by atoms with Crippen molar-refractivity contribution < 1.29 is 4.79 Å². The number of nitrogens with zero attached hydrogens (tertiary/aromatic N) is 2. The number of nitrogen functional groups attached to an aromatic ring is 1. The zero-order chi connectivity index (χ0) is 16.6. The zero-order valence-electron chi connectivity index (χ0n) is 12.2. The highest BCUT2D eigenvalue weighted by Gasteiger charge is 2.19. The monoisotopic (exact) mass is 346 g/mol. The number of thiophene rings is 1. The van der Waals surface area contributed by atoms with Crippen LogP contribution in [-0.4, -0.2) is 20.8 Å². The van der Waals surface area contributed by atoms with E-state index in [0.29, 0.717) is 10.2 Å². The molecule has 0 aliphatic carbocycles. The molecule has 0 aliphatic rings. The van der Waals surface area contributed by atoms with Gasteiger partial charge in [-0.05, 0) is 12.5 Å². The number of thioether (sulfide) groups is 1. The fourth-order valence-corrected chi connectivity index (χ4v) is 3.88. The topological polar surface area (TPSA) is 104 Å². The maximum atomic E-state index is 12.6. The van der Waals surface area contributed by atoms with Gasteiger partial charge in [0.1, 0.15) is 4.83 Å². The summed E-state index contributed by atoms with van der Waals surface area (Å²) < 4.78 is 0.978. The van der Waals surface area contributed by atoms with Crippen molar-refractivity contribution >= 4 is 39.2 Å². The van der Waals surface area contributed by atoms with Gasteiger partial charge in [0.05, 0.1) is 10.6 Å². The molecule has 2 heterocycles. The molecule has 3 rings (SSSR count). The molecule has 0 bridgehead atoms. The van der Waals surface area contributed by atoms with Crippen LogP contribution in [0.4, 0.5) is 0 Å². The summed E-state index contributed by atoms with van der Waals surface area (Å²) >= 11 is 2.44. The Bertz CT molecular complexity index is 934. The normalized spacial score (nSPS) is 12.4. The van der Waals surface area contributed by atoms with Crippen LogP contribution >= 0.6 is 23.1 Å². The number of hydrogen-bond donors (Lipinski definition) is 2. The van der Waals surface area contributed by atoms with E-state index in [0.717, 1.165) is 27.6 Å². The summed E-state index contributed by atoms with van der Waals surface area (Å²) in [6, 6.07) is 9.59. The third-order valence-corrected chi connectivity index (χ3v) is 5.33. The summed E-state index contributed by atoms with van der Waals surface area (Å²) in [4.78, 5) is 28.8. The van der Waals surface area contributed by atoms with Gasteiger partial charge in [-0.25, -0.2) is 9.66 Å². The average Bonchev–Trinajstić information content (AvgIpc) is 2.97. The molecule has 0 saturated heterocycles. The molecule has 118 valence electrons. The van der Waals surface area contributed by atoms with Crippen LogP contribution in [-0.2, 0) is 4.79 Å². The first-order valence-corrected chi connectivity index (χ1v) is 8.55. The second-order valence-corrected chi connectivity index (χ2v) is 7.09. The highest BCUT2D eigenvalue weighted by atomic mass is 32.2. The van der Waals surface area contributed by atoms with Crippen molar-refractivity contribution in [2.45, 2.75) is 17.3 Å². The highest BCUT2D eigenvalue weighted by Crippen LogP contribution is 2.32. The van der Waals surface area contributed by atoms with Crippen LogP contribution in [0.1, 0.15) is 6.92 Å². The quantitative estimate of drug-likeness (QED) is 0.426. The molecule has 2 aromatic heterocycles. The third-order valence-electron chi connectivity index (χ3n) is 3.38. The van der Waals surface area contributed by atoms with Crippen LogP contribution in [0, 0.1) is 0 Å². The molecule has 0 spiro atoms. The molecule has 0 saturated carbocycles. The molecule has 0 aliphatic heterocycles. The van der Waals surface area contributed by atoms with Crippen molar-refractivity contribution in [1.82, 2.24) is 9.66 Å². The standard InChI is InChI=1S/C15H14N4O2S2/c1-8(12(16)20)23-15-18-13-11(14(21)19(15)17)10(7-22-13)9-5-3-2-4-6-9/h2-8H,17H2,1H3,(H2,16,20)/t8-/m1/s1. The Hall–Kier alpha value is -2.32. The second-order valence-electron chi connectivity index (χ2n) is 4.93. The summed E-state index contributed by atoms with van der Waals surface area (Å²) in [5.74, 6) is 5.39. The Labute approximate surface area is 140 Å². The number of carbonyl (C=O) groups excluding carboxylic acids is 1. The van der Waals surface area contributed by atoms with E-state index in [1.165, 1.54) is 11.3 Å². The number of aromatic nitrogens is 2. The maximum Gasteiger partial charge on any atom is 0.282 e. The fraction of sp³-hybridized carbons (Fsp3) is 0.133. The van der Waals surface area contributed by atoms with Crippen molar-refractivity contribution in [1.29, 1.82) is 0 Å². The van der Waals surface area contributed by atoms with Crippen LogP contribution in [0.25, 0.3) is 21.3 Å². The molecule has 1 amide bonds. The number of rotatable bonds is 4. The highest BCUT2D eigenvalue weighted by molar-refractivity contribution is 8.00. The Kier molecular flexibility index (Phi) is 4.10.